The number of imide groups is 1. The van der Waals surface area contributed by atoms with Crippen LogP contribution in [0.5, 0.6) is 0 Å². The predicted octanol–water partition coefficient (Wildman–Crippen LogP) is 1.58. The maximum atomic E-state index is 12.0. The number of nitriles is 1. The van der Waals surface area contributed by atoms with Crippen LogP contribution in [0.25, 0.3) is 0 Å². The quantitative estimate of drug-likeness (QED) is 0.667. The molecular weight excluding hydrogens is 204 g/mol. The Morgan fingerprint density at radius 2 is 1.56 bits per heavy atom. The molecule has 0 atom stereocenters. The molecule has 0 spiro atoms. The number of rotatable bonds is 1. The van der Waals surface area contributed by atoms with Gasteiger partial charge in [0.1, 0.15) is 5.54 Å². The van der Waals surface area contributed by atoms with Gasteiger partial charge in [-0.25, -0.2) is 0 Å². The highest BCUT2D eigenvalue weighted by Gasteiger charge is 2.43. The van der Waals surface area contributed by atoms with Crippen molar-refractivity contribution < 1.29 is 9.59 Å². The molecule has 0 aromatic heterocycles. The van der Waals surface area contributed by atoms with Crippen molar-refractivity contribution in [1.82, 2.24) is 4.90 Å². The topological polar surface area (TPSA) is 61.2 Å². The van der Waals surface area contributed by atoms with Gasteiger partial charge in [-0.15, -0.1) is 0 Å². The largest absolute Gasteiger partial charge is 0.269 e. The fourth-order valence-electron chi connectivity index (χ4n) is 1.75. The van der Waals surface area contributed by atoms with Gasteiger partial charge in [0.2, 0.25) is 0 Å². The van der Waals surface area contributed by atoms with Gasteiger partial charge in [-0.2, -0.15) is 5.26 Å². The van der Waals surface area contributed by atoms with Crippen LogP contribution in [-0.4, -0.2) is 22.3 Å². The summed E-state index contributed by atoms with van der Waals surface area (Å²) in [5, 5.41) is 8.97. The van der Waals surface area contributed by atoms with Crippen LogP contribution >= 0.6 is 0 Å². The summed E-state index contributed by atoms with van der Waals surface area (Å²) >= 11 is 0. The van der Waals surface area contributed by atoms with Crippen molar-refractivity contribution in [3.63, 3.8) is 0 Å². The van der Waals surface area contributed by atoms with Crippen molar-refractivity contribution in [3.05, 3.63) is 35.4 Å². The van der Waals surface area contributed by atoms with Crippen molar-refractivity contribution >= 4 is 11.8 Å². The lowest BCUT2D eigenvalue weighted by molar-refractivity contribution is 0.0549. The summed E-state index contributed by atoms with van der Waals surface area (Å²) in [6.45, 7) is 3.10. The number of carbonyl (C=O) groups is 2. The molecule has 0 saturated heterocycles. The van der Waals surface area contributed by atoms with E-state index in [2.05, 4.69) is 0 Å². The Labute approximate surface area is 93.1 Å². The smallest absolute Gasteiger partial charge is 0.262 e. The van der Waals surface area contributed by atoms with Crippen molar-refractivity contribution in [2.75, 3.05) is 0 Å². The van der Waals surface area contributed by atoms with Gasteiger partial charge in [0.05, 0.1) is 17.2 Å². The first-order valence-electron chi connectivity index (χ1n) is 4.88. The van der Waals surface area contributed by atoms with Gasteiger partial charge in [-0.05, 0) is 26.0 Å². The van der Waals surface area contributed by atoms with Crippen LogP contribution in [0.3, 0.4) is 0 Å². The predicted molar refractivity (Wildman–Crippen MR) is 56.6 cm³/mol. The van der Waals surface area contributed by atoms with E-state index in [4.69, 9.17) is 5.26 Å². The van der Waals surface area contributed by atoms with E-state index >= 15 is 0 Å². The summed E-state index contributed by atoms with van der Waals surface area (Å²) in [4.78, 5) is 24.9. The molecule has 80 valence electrons. The highest BCUT2D eigenvalue weighted by Crippen LogP contribution is 2.28. The van der Waals surface area contributed by atoms with Gasteiger partial charge in [0.25, 0.3) is 11.8 Å². The van der Waals surface area contributed by atoms with Crippen LogP contribution in [0.4, 0.5) is 0 Å². The number of carbonyl (C=O) groups excluding carboxylic acids is 2. The zero-order valence-electron chi connectivity index (χ0n) is 9.02. The van der Waals surface area contributed by atoms with Gasteiger partial charge in [0.15, 0.2) is 0 Å². The van der Waals surface area contributed by atoms with Crippen molar-refractivity contribution in [2.24, 2.45) is 0 Å². The van der Waals surface area contributed by atoms with E-state index < -0.39 is 17.4 Å². The monoisotopic (exact) mass is 214 g/mol. The van der Waals surface area contributed by atoms with Crippen LogP contribution in [0.2, 0.25) is 0 Å². The van der Waals surface area contributed by atoms with Gasteiger partial charge in [-0.1, -0.05) is 12.1 Å². The molecule has 0 bridgehead atoms. The second-order valence-corrected chi connectivity index (χ2v) is 4.16. The van der Waals surface area contributed by atoms with Crippen LogP contribution in [0, 0.1) is 11.3 Å². The molecule has 2 rings (SSSR count). The Hall–Kier alpha value is -2.15. The molecule has 2 amide bonds. The highest BCUT2D eigenvalue weighted by atomic mass is 16.2. The summed E-state index contributed by atoms with van der Waals surface area (Å²) in [7, 11) is 0. The highest BCUT2D eigenvalue weighted by molar-refractivity contribution is 6.22. The Balaban J connectivity index is 2.56. The minimum Gasteiger partial charge on any atom is -0.269 e. The third-order valence-corrected chi connectivity index (χ3v) is 2.63. The van der Waals surface area contributed by atoms with E-state index in [0.29, 0.717) is 11.1 Å². The molecule has 0 saturated carbocycles. The first-order chi connectivity index (χ1) is 7.49. The van der Waals surface area contributed by atoms with Crippen molar-refractivity contribution in [1.29, 1.82) is 5.26 Å². The summed E-state index contributed by atoms with van der Waals surface area (Å²) in [6, 6.07) is 8.57. The Bertz CT molecular complexity index is 491. The Morgan fingerprint density at radius 1 is 1.12 bits per heavy atom. The molecule has 1 aromatic rings. The molecule has 1 aromatic carbocycles. The fraction of sp³-hybridized carbons (Fsp3) is 0.250. The van der Waals surface area contributed by atoms with E-state index in [-0.39, 0.29) is 0 Å². The van der Waals surface area contributed by atoms with Gasteiger partial charge in [-0.3, -0.25) is 14.5 Å². The lowest BCUT2D eigenvalue weighted by Crippen LogP contribution is -2.46. The molecule has 4 heteroatoms. The molecule has 1 aliphatic rings. The lowest BCUT2D eigenvalue weighted by Gasteiger charge is -2.26. The van der Waals surface area contributed by atoms with Gasteiger partial charge < -0.3 is 0 Å². The Morgan fingerprint density at radius 3 is 1.94 bits per heavy atom. The normalized spacial score (nSPS) is 14.9. The Kier molecular flexibility index (Phi) is 2.06. The van der Waals surface area contributed by atoms with Crippen LogP contribution < -0.4 is 0 Å². The van der Waals surface area contributed by atoms with Crippen LogP contribution in [0.1, 0.15) is 34.6 Å². The van der Waals surface area contributed by atoms with E-state index in [1.54, 1.807) is 38.1 Å². The van der Waals surface area contributed by atoms with E-state index in [1.807, 2.05) is 6.07 Å². The van der Waals surface area contributed by atoms with Crippen molar-refractivity contribution in [2.45, 2.75) is 19.4 Å². The molecule has 1 aliphatic heterocycles. The van der Waals surface area contributed by atoms with Crippen molar-refractivity contribution in [3.8, 4) is 6.07 Å². The molecule has 1 heterocycles. The fourth-order valence-corrected chi connectivity index (χ4v) is 1.75. The summed E-state index contributed by atoms with van der Waals surface area (Å²) in [6.07, 6.45) is 0. The summed E-state index contributed by atoms with van der Waals surface area (Å²) < 4.78 is 0. The molecule has 0 unspecified atom stereocenters. The molecule has 16 heavy (non-hydrogen) atoms. The second kappa shape index (κ2) is 3.17. The van der Waals surface area contributed by atoms with E-state index in [9.17, 15) is 9.59 Å². The van der Waals surface area contributed by atoms with Crippen LogP contribution in [0.15, 0.2) is 24.3 Å². The van der Waals surface area contributed by atoms with E-state index in [1.165, 1.54) is 0 Å². The average molecular weight is 214 g/mol. The number of nitrogens with zero attached hydrogens (tertiary/aromatic N) is 2. The minimum absolute atomic E-state index is 0.371. The summed E-state index contributed by atoms with van der Waals surface area (Å²) in [5.74, 6) is -0.792. The number of fused-ring (bicyclic) bond motifs is 1. The standard InChI is InChI=1S/C12H10N2O2/c1-12(2,7-13)14-10(15)8-5-3-4-6-9(8)11(14)16/h3-6H,1-2H3. The maximum absolute atomic E-state index is 12.0. The maximum Gasteiger partial charge on any atom is 0.262 e. The number of hydrogen-bond donors (Lipinski definition) is 0. The van der Waals surface area contributed by atoms with Crippen LogP contribution in [-0.2, 0) is 0 Å². The minimum atomic E-state index is -1.12. The molecule has 0 N–H and O–H groups in total. The van der Waals surface area contributed by atoms with E-state index in [0.717, 1.165) is 4.90 Å². The van der Waals surface area contributed by atoms with Gasteiger partial charge >= 0.3 is 0 Å². The third kappa shape index (κ3) is 1.22. The zero-order valence-corrected chi connectivity index (χ0v) is 9.02. The summed E-state index contributed by atoms with van der Waals surface area (Å²) in [5.41, 5.74) is -0.376. The molecule has 4 nitrogen and oxygen atoms in total. The zero-order chi connectivity index (χ0) is 11.9. The first-order valence-corrected chi connectivity index (χ1v) is 4.88. The molecule has 0 aliphatic carbocycles. The third-order valence-electron chi connectivity index (χ3n) is 2.63. The second-order valence-electron chi connectivity index (χ2n) is 4.16. The molecule has 0 fully saturated rings. The average Bonchev–Trinajstić information content (AvgIpc) is 2.53. The number of amides is 2. The SMILES string of the molecule is CC(C)(C#N)N1C(=O)c2ccccc2C1=O. The molecule has 0 radical (unpaired) electrons. The number of benzene rings is 1. The molecular formula is C12H10N2O2. The lowest BCUT2D eigenvalue weighted by atomic mass is 10.1. The first kappa shape index (κ1) is 10.4. The van der Waals surface area contributed by atoms with Gasteiger partial charge in [0, 0.05) is 0 Å². The number of hydrogen-bond acceptors (Lipinski definition) is 3.